The second-order valence-corrected chi connectivity index (χ2v) is 8.88. The van der Waals surface area contributed by atoms with Gasteiger partial charge in [0.25, 0.3) is 0 Å². The monoisotopic (exact) mass is 328 g/mol. The van der Waals surface area contributed by atoms with Crippen molar-refractivity contribution < 1.29 is 0 Å². The van der Waals surface area contributed by atoms with Crippen molar-refractivity contribution in [2.24, 2.45) is 23.2 Å². The van der Waals surface area contributed by atoms with Crippen molar-refractivity contribution >= 4 is 23.0 Å². The summed E-state index contributed by atoms with van der Waals surface area (Å²) in [6.07, 6.45) is 8.74. The molecule has 5 rings (SSSR count). The van der Waals surface area contributed by atoms with Crippen LogP contribution in [0.2, 0.25) is 0 Å². The van der Waals surface area contributed by atoms with Crippen LogP contribution < -0.4 is 10.6 Å². The van der Waals surface area contributed by atoms with E-state index in [1.54, 1.807) is 0 Å². The summed E-state index contributed by atoms with van der Waals surface area (Å²) >= 11 is 5.59. The lowest BCUT2D eigenvalue weighted by molar-refractivity contribution is -0.0671. The van der Waals surface area contributed by atoms with E-state index in [2.05, 4.69) is 48.7 Å². The molecule has 23 heavy (non-hydrogen) atoms. The molecule has 4 aliphatic rings. The summed E-state index contributed by atoms with van der Waals surface area (Å²) in [4.78, 5) is 0. The molecular formula is C20H28N2S. The lowest BCUT2D eigenvalue weighted by Crippen LogP contribution is -2.56. The fourth-order valence-corrected chi connectivity index (χ4v) is 6.24. The average molecular weight is 329 g/mol. The van der Waals surface area contributed by atoms with Crippen LogP contribution >= 0.6 is 12.2 Å². The number of anilines is 1. The molecule has 0 amide bonds. The van der Waals surface area contributed by atoms with Crippen molar-refractivity contribution in [3.8, 4) is 0 Å². The number of hydrogen-bond acceptors (Lipinski definition) is 1. The van der Waals surface area contributed by atoms with E-state index < -0.39 is 0 Å². The average Bonchev–Trinajstić information content (AvgIpc) is 2.45. The van der Waals surface area contributed by atoms with Gasteiger partial charge in [-0.1, -0.05) is 12.1 Å². The summed E-state index contributed by atoms with van der Waals surface area (Å²) in [5.74, 6) is 2.97. The Hall–Kier alpha value is -1.09. The molecule has 0 aliphatic heterocycles. The van der Waals surface area contributed by atoms with Gasteiger partial charge >= 0.3 is 0 Å². The lowest BCUT2D eigenvalue weighted by Gasteiger charge is -2.59. The minimum Gasteiger partial charge on any atom is -0.359 e. The normalized spacial score (nSPS) is 35.8. The molecule has 0 heterocycles. The third-order valence-electron chi connectivity index (χ3n) is 6.63. The van der Waals surface area contributed by atoms with Crippen molar-refractivity contribution in [3.05, 3.63) is 29.8 Å². The summed E-state index contributed by atoms with van der Waals surface area (Å²) in [5, 5.41) is 7.77. The van der Waals surface area contributed by atoms with Crippen molar-refractivity contribution in [2.45, 2.75) is 58.4 Å². The SMILES string of the molecule is Cc1cccc(NC(=S)N[C@H](C)C23CC4CC(CC(C4)C2)C3)c1. The molecule has 4 aliphatic carbocycles. The minimum absolute atomic E-state index is 0.473. The minimum atomic E-state index is 0.473. The molecule has 0 unspecified atom stereocenters. The Morgan fingerprint density at radius 3 is 2.30 bits per heavy atom. The Labute approximate surface area is 145 Å². The molecule has 0 spiro atoms. The zero-order valence-corrected chi connectivity index (χ0v) is 15.1. The molecule has 4 fully saturated rings. The number of rotatable bonds is 3. The molecular weight excluding hydrogens is 300 g/mol. The van der Waals surface area contributed by atoms with Crippen molar-refractivity contribution in [1.82, 2.24) is 5.32 Å². The largest absolute Gasteiger partial charge is 0.359 e. The van der Waals surface area contributed by atoms with Gasteiger partial charge in [-0.25, -0.2) is 0 Å². The lowest BCUT2D eigenvalue weighted by atomic mass is 9.48. The standard InChI is InChI=1S/C20H28N2S/c1-13-4-3-5-18(6-13)22-19(23)21-14(2)20-10-15-7-16(11-20)9-17(8-15)12-20/h3-6,14-17H,7-12H2,1-2H3,(H2,21,22,23)/t14-,15?,16?,17?,20?/m1/s1. The Bertz CT molecular complexity index is 574. The predicted molar refractivity (Wildman–Crippen MR) is 101 cm³/mol. The highest BCUT2D eigenvalue weighted by atomic mass is 32.1. The molecule has 1 atom stereocenters. The van der Waals surface area contributed by atoms with Gasteiger partial charge in [-0.2, -0.15) is 0 Å². The van der Waals surface area contributed by atoms with Gasteiger partial charge in [-0.15, -0.1) is 0 Å². The van der Waals surface area contributed by atoms with Crippen LogP contribution in [0.5, 0.6) is 0 Å². The molecule has 0 radical (unpaired) electrons. The van der Waals surface area contributed by atoms with E-state index in [1.165, 1.54) is 44.1 Å². The van der Waals surface area contributed by atoms with Gasteiger partial charge in [0.15, 0.2) is 5.11 Å². The summed E-state index contributed by atoms with van der Waals surface area (Å²) in [7, 11) is 0. The molecule has 3 heteroatoms. The van der Waals surface area contributed by atoms with Crippen molar-refractivity contribution in [3.63, 3.8) is 0 Å². The highest BCUT2D eigenvalue weighted by molar-refractivity contribution is 7.80. The van der Waals surface area contributed by atoms with E-state index in [0.717, 1.165) is 28.6 Å². The van der Waals surface area contributed by atoms with E-state index in [0.29, 0.717) is 11.5 Å². The van der Waals surface area contributed by atoms with E-state index in [1.807, 2.05) is 0 Å². The molecule has 1 aromatic rings. The molecule has 0 saturated heterocycles. The number of aryl methyl sites for hydroxylation is 1. The van der Waals surface area contributed by atoms with E-state index in [-0.39, 0.29) is 0 Å². The van der Waals surface area contributed by atoms with Crippen LogP contribution in [0, 0.1) is 30.1 Å². The summed E-state index contributed by atoms with van der Waals surface area (Å²) in [6, 6.07) is 8.88. The molecule has 124 valence electrons. The van der Waals surface area contributed by atoms with Gasteiger partial charge < -0.3 is 10.6 Å². The van der Waals surface area contributed by atoms with Gasteiger partial charge in [0.05, 0.1) is 0 Å². The van der Waals surface area contributed by atoms with Crippen LogP contribution in [0.15, 0.2) is 24.3 Å². The van der Waals surface area contributed by atoms with Crippen LogP contribution in [0.25, 0.3) is 0 Å². The van der Waals surface area contributed by atoms with Crippen LogP contribution in [0.3, 0.4) is 0 Å². The van der Waals surface area contributed by atoms with E-state index in [9.17, 15) is 0 Å². The van der Waals surface area contributed by atoms with Gasteiger partial charge in [-0.3, -0.25) is 0 Å². The first-order valence-corrected chi connectivity index (χ1v) is 9.57. The first-order chi connectivity index (χ1) is 11.0. The second-order valence-electron chi connectivity index (χ2n) is 8.47. The van der Waals surface area contributed by atoms with Crippen LogP contribution in [-0.2, 0) is 0 Å². The quantitative estimate of drug-likeness (QED) is 0.773. The molecule has 1 aromatic carbocycles. The number of benzene rings is 1. The van der Waals surface area contributed by atoms with Gasteiger partial charge in [0.2, 0.25) is 0 Å². The fourth-order valence-electron chi connectivity index (χ4n) is 5.95. The molecule has 4 saturated carbocycles. The maximum Gasteiger partial charge on any atom is 0.171 e. The Balaban J connectivity index is 1.41. The van der Waals surface area contributed by atoms with Crippen molar-refractivity contribution in [1.29, 1.82) is 0 Å². The topological polar surface area (TPSA) is 24.1 Å². The van der Waals surface area contributed by atoms with Gasteiger partial charge in [0.1, 0.15) is 0 Å². The van der Waals surface area contributed by atoms with Crippen LogP contribution in [-0.4, -0.2) is 11.2 Å². The van der Waals surface area contributed by atoms with Gasteiger partial charge in [-0.05, 0) is 105 Å². The van der Waals surface area contributed by atoms with Crippen LogP contribution in [0.1, 0.15) is 51.0 Å². The van der Waals surface area contributed by atoms with E-state index >= 15 is 0 Å². The number of thiocarbonyl (C=S) groups is 1. The zero-order valence-electron chi connectivity index (χ0n) is 14.3. The molecule has 2 N–H and O–H groups in total. The maximum atomic E-state index is 5.59. The number of hydrogen-bond donors (Lipinski definition) is 2. The van der Waals surface area contributed by atoms with E-state index in [4.69, 9.17) is 12.2 Å². The summed E-state index contributed by atoms with van der Waals surface area (Å²) in [6.45, 7) is 4.47. The van der Waals surface area contributed by atoms with Crippen molar-refractivity contribution in [2.75, 3.05) is 5.32 Å². The third kappa shape index (κ3) is 3.00. The smallest absolute Gasteiger partial charge is 0.171 e. The fraction of sp³-hybridized carbons (Fsp3) is 0.650. The Kier molecular flexibility index (Phi) is 3.87. The Morgan fingerprint density at radius 1 is 1.13 bits per heavy atom. The molecule has 4 bridgehead atoms. The molecule has 2 nitrogen and oxygen atoms in total. The highest BCUT2D eigenvalue weighted by Crippen LogP contribution is 2.61. The predicted octanol–water partition coefficient (Wildman–Crippen LogP) is 4.89. The maximum absolute atomic E-state index is 5.59. The Morgan fingerprint density at radius 2 is 1.74 bits per heavy atom. The molecule has 0 aromatic heterocycles. The summed E-state index contributed by atoms with van der Waals surface area (Å²) in [5.41, 5.74) is 2.83. The van der Waals surface area contributed by atoms with Crippen LogP contribution in [0.4, 0.5) is 5.69 Å². The first-order valence-electron chi connectivity index (χ1n) is 9.17. The zero-order chi connectivity index (χ0) is 16.0. The number of nitrogens with one attached hydrogen (secondary N) is 2. The third-order valence-corrected chi connectivity index (χ3v) is 6.85. The van der Waals surface area contributed by atoms with Gasteiger partial charge in [0, 0.05) is 11.7 Å². The second kappa shape index (κ2) is 5.77. The summed E-state index contributed by atoms with van der Waals surface area (Å²) < 4.78 is 0. The first kappa shape index (κ1) is 15.4. The highest BCUT2D eigenvalue weighted by Gasteiger charge is 2.53.